The number of amides is 2. The van der Waals surface area contributed by atoms with E-state index >= 15 is 0 Å². The van der Waals surface area contributed by atoms with Crippen molar-refractivity contribution in [1.29, 1.82) is 0 Å². The van der Waals surface area contributed by atoms with Gasteiger partial charge in [-0.2, -0.15) is 0 Å². The van der Waals surface area contributed by atoms with Crippen LogP contribution in [0.2, 0.25) is 0 Å². The number of alkyl halides is 1. The molecule has 1 N–H and O–H groups in total. The predicted molar refractivity (Wildman–Crippen MR) is 292 cm³/mol. The Labute approximate surface area is 457 Å². The van der Waals surface area contributed by atoms with Gasteiger partial charge in [-0.3, -0.25) is 9.59 Å². The molecule has 1 aliphatic rings. The fraction of sp³-hybridized carbons (Fsp3) is 0.638. The number of unbranched alkanes of at least 4 members (excludes halogenated alkanes) is 5. The van der Waals surface area contributed by atoms with Crippen LogP contribution >= 0.6 is 11.6 Å². The van der Waals surface area contributed by atoms with Crippen LogP contribution in [0, 0.1) is 0 Å². The molecule has 17 nitrogen and oxygen atoms in total. The van der Waals surface area contributed by atoms with Gasteiger partial charge in [0.2, 0.25) is 17.6 Å². The molecule has 0 aliphatic carbocycles. The third kappa shape index (κ3) is 22.9. The molecule has 0 spiro atoms. The van der Waals surface area contributed by atoms with E-state index in [0.717, 1.165) is 81.4 Å². The van der Waals surface area contributed by atoms with Crippen molar-refractivity contribution >= 4 is 29.4 Å². The van der Waals surface area contributed by atoms with Gasteiger partial charge in [0.25, 0.3) is 0 Å². The SMILES string of the molecule is CC[C@H](C(=O)N1CCCC[C@H]1C(=O)O[C@H](CCc1ccc(OC)c(OC)c1)c1cccc(OCCNC(=O)CCCCCOCCOCCOCCOCCOCCCCCCCl)c1)c1cc(OC)c(OC)c(OC)c1. The van der Waals surface area contributed by atoms with Crippen LogP contribution in [0.25, 0.3) is 0 Å². The summed E-state index contributed by atoms with van der Waals surface area (Å²) in [6.07, 6.45) is 10.1. The number of carbonyl (C=O) groups is 3. The Hall–Kier alpha value is -5.04. The molecule has 0 aromatic heterocycles. The number of aryl methyl sites for hydroxylation is 1. The zero-order valence-electron chi connectivity index (χ0n) is 46.2. The standard InChI is InChI=1S/C58H87ClN2O15/c1-7-48(46-42-53(67-4)56(69-6)54(43-46)68-5)57(63)61-28-14-12-20-49(61)58(64)76-50(24-22-44-23-25-51(65-2)52(40-44)66-3)45-18-17-19-47(41-45)75-31-27-60-55(62)21-11-10-16-30-71-33-35-73-37-39-74-38-36-72-34-32-70-29-15-9-8-13-26-59/h17-19,23,25,40-43,48-50H,7-16,20-22,24,26-39H2,1-6H3,(H,60,62)/t48-,49-,50+/m0/s1. The van der Waals surface area contributed by atoms with Crippen molar-refractivity contribution in [2.75, 3.05) is 127 Å². The summed E-state index contributed by atoms with van der Waals surface area (Å²) in [5, 5.41) is 2.95. The summed E-state index contributed by atoms with van der Waals surface area (Å²) in [5.41, 5.74) is 2.41. The molecule has 0 unspecified atom stereocenters. The largest absolute Gasteiger partial charge is 0.493 e. The maximum Gasteiger partial charge on any atom is 0.329 e. The summed E-state index contributed by atoms with van der Waals surface area (Å²) in [5.74, 6) is 2.60. The maximum atomic E-state index is 14.5. The van der Waals surface area contributed by atoms with Crippen LogP contribution in [-0.2, 0) is 49.2 Å². The topological polar surface area (TPSA) is 177 Å². The first-order chi connectivity index (χ1) is 37.2. The maximum absolute atomic E-state index is 14.5. The number of nitrogens with one attached hydrogen (secondary N) is 1. The van der Waals surface area contributed by atoms with Crippen molar-refractivity contribution in [3.05, 3.63) is 71.3 Å². The molecule has 18 heteroatoms. The fourth-order valence-electron chi connectivity index (χ4n) is 8.89. The Morgan fingerprint density at radius 2 is 1.24 bits per heavy atom. The van der Waals surface area contributed by atoms with Gasteiger partial charge in [0.1, 0.15) is 24.5 Å². The number of hydrogen-bond donors (Lipinski definition) is 1. The molecule has 426 valence electrons. The van der Waals surface area contributed by atoms with E-state index in [1.807, 2.05) is 49.4 Å². The minimum atomic E-state index is -0.778. The molecule has 0 radical (unpaired) electrons. The van der Waals surface area contributed by atoms with Crippen molar-refractivity contribution in [2.45, 2.75) is 115 Å². The molecule has 4 rings (SSSR count). The molecule has 3 atom stereocenters. The van der Waals surface area contributed by atoms with Gasteiger partial charge in [-0.1, -0.05) is 44.4 Å². The number of hydrogen-bond acceptors (Lipinski definition) is 15. The molecule has 1 fully saturated rings. The van der Waals surface area contributed by atoms with E-state index in [9.17, 15) is 14.4 Å². The monoisotopic (exact) mass is 1090 g/mol. The smallest absolute Gasteiger partial charge is 0.329 e. The summed E-state index contributed by atoms with van der Waals surface area (Å²) >= 11 is 5.69. The highest BCUT2D eigenvalue weighted by molar-refractivity contribution is 6.17. The van der Waals surface area contributed by atoms with Crippen LogP contribution < -0.4 is 33.7 Å². The first-order valence-electron chi connectivity index (χ1n) is 27.2. The van der Waals surface area contributed by atoms with E-state index in [0.29, 0.717) is 145 Å². The molecular weight excluding hydrogens is 1000 g/mol. The first kappa shape index (κ1) is 63.5. The van der Waals surface area contributed by atoms with E-state index in [1.54, 1.807) is 31.3 Å². The fourth-order valence-corrected chi connectivity index (χ4v) is 9.08. The number of rotatable bonds is 42. The Bertz CT molecular complexity index is 2070. The normalized spacial score (nSPS) is 14.1. The molecule has 0 saturated carbocycles. The van der Waals surface area contributed by atoms with Gasteiger partial charge in [-0.25, -0.2) is 4.79 Å². The van der Waals surface area contributed by atoms with Crippen LogP contribution in [0.5, 0.6) is 34.5 Å². The average Bonchev–Trinajstić information content (AvgIpc) is 3.45. The van der Waals surface area contributed by atoms with Crippen molar-refractivity contribution in [3.63, 3.8) is 0 Å². The van der Waals surface area contributed by atoms with E-state index in [-0.39, 0.29) is 18.4 Å². The molecule has 0 bridgehead atoms. The summed E-state index contributed by atoms with van der Waals surface area (Å²) in [7, 11) is 7.80. The van der Waals surface area contributed by atoms with E-state index in [2.05, 4.69) is 5.32 Å². The molecule has 3 aromatic rings. The quantitative estimate of drug-likeness (QED) is 0.0322. The number of halogens is 1. The third-order valence-corrected chi connectivity index (χ3v) is 13.3. The number of benzene rings is 3. The lowest BCUT2D eigenvalue weighted by atomic mass is 9.91. The second-order valence-corrected chi connectivity index (χ2v) is 18.7. The minimum absolute atomic E-state index is 0.0410. The van der Waals surface area contributed by atoms with Gasteiger partial charge in [-0.05, 0) is 117 Å². The van der Waals surface area contributed by atoms with Crippen LogP contribution in [0.4, 0.5) is 0 Å². The number of carbonyl (C=O) groups excluding carboxylic acids is 3. The zero-order chi connectivity index (χ0) is 54.6. The van der Waals surface area contributed by atoms with Gasteiger partial charge in [0, 0.05) is 32.1 Å². The van der Waals surface area contributed by atoms with Crippen LogP contribution in [0.3, 0.4) is 0 Å². The molecular formula is C58H87ClN2O15. The van der Waals surface area contributed by atoms with Crippen molar-refractivity contribution < 1.29 is 71.2 Å². The summed E-state index contributed by atoms with van der Waals surface area (Å²) in [6, 6.07) is 16.0. The van der Waals surface area contributed by atoms with Crippen LogP contribution in [0.15, 0.2) is 54.6 Å². The van der Waals surface area contributed by atoms with E-state index < -0.39 is 24.0 Å². The highest BCUT2D eigenvalue weighted by atomic mass is 35.5. The highest BCUT2D eigenvalue weighted by Crippen LogP contribution is 2.42. The number of likely N-dealkylation sites (tertiary alicyclic amines) is 1. The summed E-state index contributed by atoms with van der Waals surface area (Å²) in [6.45, 7) is 8.51. The van der Waals surface area contributed by atoms with Crippen molar-refractivity contribution in [1.82, 2.24) is 10.2 Å². The second-order valence-electron chi connectivity index (χ2n) is 18.4. The van der Waals surface area contributed by atoms with Gasteiger partial charge in [0.05, 0.1) is 101 Å². The Kier molecular flexibility index (Phi) is 32.2. The van der Waals surface area contributed by atoms with Crippen molar-refractivity contribution in [2.24, 2.45) is 0 Å². The van der Waals surface area contributed by atoms with E-state index in [4.69, 9.17) is 68.4 Å². The zero-order valence-corrected chi connectivity index (χ0v) is 46.9. The Morgan fingerprint density at radius 3 is 1.83 bits per heavy atom. The second kappa shape index (κ2) is 38.5. The number of esters is 1. The molecule has 3 aromatic carbocycles. The average molecular weight is 1090 g/mol. The number of piperidine rings is 1. The summed E-state index contributed by atoms with van der Waals surface area (Å²) < 4.78 is 68.2. The number of methoxy groups -OCH3 is 5. The summed E-state index contributed by atoms with van der Waals surface area (Å²) in [4.78, 5) is 43.3. The number of ether oxygens (including phenoxy) is 12. The minimum Gasteiger partial charge on any atom is -0.493 e. The van der Waals surface area contributed by atoms with Gasteiger partial charge in [0.15, 0.2) is 23.0 Å². The molecule has 1 heterocycles. The Balaban J connectivity index is 1.20. The molecule has 76 heavy (non-hydrogen) atoms. The Morgan fingerprint density at radius 1 is 0.632 bits per heavy atom. The molecule has 1 saturated heterocycles. The van der Waals surface area contributed by atoms with Crippen molar-refractivity contribution in [3.8, 4) is 34.5 Å². The van der Waals surface area contributed by atoms with Gasteiger partial charge in [-0.15, -0.1) is 11.6 Å². The third-order valence-electron chi connectivity index (χ3n) is 13.0. The predicted octanol–water partition coefficient (Wildman–Crippen LogP) is 9.46. The van der Waals surface area contributed by atoms with Crippen LogP contribution in [-0.4, -0.2) is 156 Å². The lowest BCUT2D eigenvalue weighted by Crippen LogP contribution is -2.50. The number of nitrogens with zero attached hydrogens (tertiary/aromatic N) is 1. The van der Waals surface area contributed by atoms with Gasteiger partial charge >= 0.3 is 5.97 Å². The lowest BCUT2D eigenvalue weighted by Gasteiger charge is -2.37. The molecule has 2 amide bonds. The lowest BCUT2D eigenvalue weighted by molar-refractivity contribution is -0.162. The van der Waals surface area contributed by atoms with E-state index in [1.165, 1.54) is 21.3 Å². The van der Waals surface area contributed by atoms with Crippen LogP contribution in [0.1, 0.15) is 119 Å². The first-order valence-corrected chi connectivity index (χ1v) is 27.7. The molecule has 1 aliphatic heterocycles. The highest BCUT2D eigenvalue weighted by Gasteiger charge is 2.38. The van der Waals surface area contributed by atoms with Gasteiger partial charge < -0.3 is 67.1 Å².